The number of alkyl halides is 1. The molecule has 1 unspecified atom stereocenters. The van der Waals surface area contributed by atoms with Crippen LogP contribution in [-0.4, -0.2) is 19.8 Å². The minimum absolute atomic E-state index is 0.325. The smallest absolute Gasteiger partial charge is 0.102 e. The fourth-order valence-corrected chi connectivity index (χ4v) is 2.10. The van der Waals surface area contributed by atoms with Gasteiger partial charge in [0.15, 0.2) is 0 Å². The molecule has 0 aromatic heterocycles. The second-order valence-electron chi connectivity index (χ2n) is 3.98. The predicted molar refractivity (Wildman–Crippen MR) is 64.1 cm³/mol. The van der Waals surface area contributed by atoms with Crippen molar-refractivity contribution in [1.82, 2.24) is 5.32 Å². The fourth-order valence-electron chi connectivity index (χ4n) is 2.10. The summed E-state index contributed by atoms with van der Waals surface area (Å²) in [4.78, 5) is 0. The van der Waals surface area contributed by atoms with Crippen LogP contribution in [-0.2, 0) is 6.42 Å². The summed E-state index contributed by atoms with van der Waals surface area (Å²) in [5.41, 5.74) is 2.80. The van der Waals surface area contributed by atoms with E-state index in [2.05, 4.69) is 41.4 Å². The molecule has 0 saturated heterocycles. The van der Waals surface area contributed by atoms with Gasteiger partial charge in [-0.05, 0) is 24.0 Å². The van der Waals surface area contributed by atoms with Crippen LogP contribution in [0.5, 0.6) is 0 Å². The van der Waals surface area contributed by atoms with Crippen LogP contribution in [0.3, 0.4) is 0 Å². The Morgan fingerprint density at radius 3 is 3.12 bits per heavy atom. The summed E-state index contributed by atoms with van der Waals surface area (Å²) in [6.45, 7) is 0.659. The maximum absolute atomic E-state index is 11.8. The summed E-state index contributed by atoms with van der Waals surface area (Å²) in [6, 6.07) is 8.49. The molecule has 0 heterocycles. The molecule has 16 heavy (non-hydrogen) atoms. The third kappa shape index (κ3) is 2.62. The molecule has 1 N–H and O–H groups in total. The van der Waals surface area contributed by atoms with Crippen LogP contribution in [0.4, 0.5) is 4.39 Å². The van der Waals surface area contributed by atoms with Gasteiger partial charge in [0.25, 0.3) is 0 Å². The molecule has 0 fully saturated rings. The largest absolute Gasteiger partial charge is 0.304 e. The molecule has 1 atom stereocenters. The molecule has 1 aromatic carbocycles. The minimum atomic E-state index is -0.325. The molecule has 1 nitrogen and oxygen atoms in total. The van der Waals surface area contributed by atoms with Gasteiger partial charge in [-0.1, -0.05) is 36.1 Å². The van der Waals surface area contributed by atoms with E-state index < -0.39 is 0 Å². The molecule has 0 spiro atoms. The lowest BCUT2D eigenvalue weighted by molar-refractivity contribution is 0.476. The molecular formula is C14H16FN. The second kappa shape index (κ2) is 5.67. The van der Waals surface area contributed by atoms with Gasteiger partial charge < -0.3 is 5.32 Å². The van der Waals surface area contributed by atoms with Gasteiger partial charge in [0.2, 0.25) is 0 Å². The number of hydrogen-bond acceptors (Lipinski definition) is 1. The van der Waals surface area contributed by atoms with Crippen LogP contribution in [0.1, 0.15) is 23.5 Å². The van der Waals surface area contributed by atoms with Crippen LogP contribution in [0.25, 0.3) is 0 Å². The Hall–Kier alpha value is -1.33. The van der Waals surface area contributed by atoms with E-state index in [0.29, 0.717) is 19.0 Å². The highest BCUT2D eigenvalue weighted by Gasteiger charge is 2.19. The molecule has 1 aliphatic carbocycles. The highest BCUT2D eigenvalue weighted by molar-refractivity contribution is 5.39. The predicted octanol–water partition coefficient (Wildman–Crippen LogP) is 2.28. The first-order valence-electron chi connectivity index (χ1n) is 5.74. The van der Waals surface area contributed by atoms with E-state index >= 15 is 0 Å². The maximum Gasteiger partial charge on any atom is 0.102 e. The zero-order valence-electron chi connectivity index (χ0n) is 9.30. The molecule has 0 saturated carbocycles. The third-order valence-electron chi connectivity index (χ3n) is 2.89. The summed E-state index contributed by atoms with van der Waals surface area (Å²) >= 11 is 0. The number of fused-ring (bicyclic) bond motifs is 1. The maximum atomic E-state index is 11.8. The average molecular weight is 217 g/mol. The van der Waals surface area contributed by atoms with Gasteiger partial charge in [0.1, 0.15) is 6.67 Å². The lowest BCUT2D eigenvalue weighted by Gasteiger charge is -2.02. The van der Waals surface area contributed by atoms with E-state index in [1.165, 1.54) is 11.1 Å². The third-order valence-corrected chi connectivity index (χ3v) is 2.89. The molecule has 0 aliphatic heterocycles. The van der Waals surface area contributed by atoms with Crippen LogP contribution in [0.2, 0.25) is 0 Å². The Labute approximate surface area is 96.1 Å². The van der Waals surface area contributed by atoms with Crippen molar-refractivity contribution in [3.05, 3.63) is 35.4 Å². The lowest BCUT2D eigenvalue weighted by Crippen LogP contribution is -2.16. The van der Waals surface area contributed by atoms with E-state index in [4.69, 9.17) is 0 Å². The molecular weight excluding hydrogens is 201 g/mol. The van der Waals surface area contributed by atoms with Crippen molar-refractivity contribution >= 4 is 0 Å². The Morgan fingerprint density at radius 1 is 1.38 bits per heavy atom. The second-order valence-corrected chi connectivity index (χ2v) is 3.98. The molecule has 84 valence electrons. The van der Waals surface area contributed by atoms with E-state index in [0.717, 1.165) is 12.8 Å². The number of nitrogens with one attached hydrogen (secondary N) is 1. The molecule has 0 bridgehead atoms. The van der Waals surface area contributed by atoms with Gasteiger partial charge in [-0.2, -0.15) is 0 Å². The van der Waals surface area contributed by atoms with Crippen LogP contribution in [0.15, 0.2) is 24.3 Å². The summed E-state index contributed by atoms with van der Waals surface area (Å²) in [7, 11) is 0. The van der Waals surface area contributed by atoms with Crippen molar-refractivity contribution in [2.24, 2.45) is 0 Å². The van der Waals surface area contributed by atoms with Gasteiger partial charge in [-0.15, -0.1) is 0 Å². The monoisotopic (exact) mass is 217 g/mol. The molecule has 0 amide bonds. The number of hydrogen-bond donors (Lipinski definition) is 1. The Kier molecular flexibility index (Phi) is 3.96. The van der Waals surface area contributed by atoms with E-state index in [-0.39, 0.29) is 6.67 Å². The van der Waals surface area contributed by atoms with Crippen molar-refractivity contribution in [2.75, 3.05) is 19.8 Å². The number of benzene rings is 1. The molecule has 0 radical (unpaired) electrons. The summed E-state index contributed by atoms with van der Waals surface area (Å²) < 4.78 is 11.8. The van der Waals surface area contributed by atoms with Gasteiger partial charge in [0, 0.05) is 12.5 Å². The number of halogens is 1. The highest BCUT2D eigenvalue weighted by atomic mass is 19.1. The summed E-state index contributed by atoms with van der Waals surface area (Å²) in [6.07, 6.45) is 2.25. The van der Waals surface area contributed by atoms with Crippen molar-refractivity contribution < 1.29 is 4.39 Å². The zero-order chi connectivity index (χ0) is 11.2. The molecule has 2 rings (SSSR count). The van der Waals surface area contributed by atoms with Crippen LogP contribution in [0, 0.1) is 11.8 Å². The topological polar surface area (TPSA) is 12.0 Å². The summed E-state index contributed by atoms with van der Waals surface area (Å²) in [5.74, 6) is 6.72. The normalized spacial score (nSPS) is 17.7. The fraction of sp³-hybridized carbons (Fsp3) is 0.429. The first kappa shape index (κ1) is 11.2. The number of rotatable bonds is 3. The van der Waals surface area contributed by atoms with Gasteiger partial charge in [-0.3, -0.25) is 0 Å². The Morgan fingerprint density at radius 2 is 2.25 bits per heavy atom. The first-order chi connectivity index (χ1) is 7.92. The SMILES string of the molecule is FCCNCC#CC1CCc2ccccc21. The Balaban J connectivity index is 1.92. The minimum Gasteiger partial charge on any atom is -0.304 e. The van der Waals surface area contributed by atoms with E-state index in [9.17, 15) is 4.39 Å². The van der Waals surface area contributed by atoms with Crippen LogP contribution >= 0.6 is 0 Å². The molecule has 1 aliphatic rings. The van der Waals surface area contributed by atoms with Gasteiger partial charge in [-0.25, -0.2) is 4.39 Å². The van der Waals surface area contributed by atoms with Crippen molar-refractivity contribution in [1.29, 1.82) is 0 Å². The molecule has 1 aromatic rings. The summed E-state index contributed by atoms with van der Waals surface area (Å²) in [5, 5.41) is 2.93. The van der Waals surface area contributed by atoms with Gasteiger partial charge in [0.05, 0.1) is 6.54 Å². The first-order valence-corrected chi connectivity index (χ1v) is 5.74. The van der Waals surface area contributed by atoms with Crippen molar-refractivity contribution in [2.45, 2.75) is 18.8 Å². The van der Waals surface area contributed by atoms with E-state index in [1.807, 2.05) is 0 Å². The zero-order valence-corrected chi connectivity index (χ0v) is 9.30. The molecule has 2 heteroatoms. The lowest BCUT2D eigenvalue weighted by atomic mass is 10.0. The number of aryl methyl sites for hydroxylation is 1. The standard InChI is InChI=1S/C14H16FN/c15-9-11-16-10-3-5-13-8-7-12-4-1-2-6-14(12)13/h1-2,4,6,13,16H,7-11H2. The van der Waals surface area contributed by atoms with Gasteiger partial charge >= 0.3 is 0 Å². The van der Waals surface area contributed by atoms with E-state index in [1.54, 1.807) is 0 Å². The quantitative estimate of drug-likeness (QED) is 0.605. The average Bonchev–Trinajstić information content (AvgIpc) is 2.73. The highest BCUT2D eigenvalue weighted by Crippen LogP contribution is 2.31. The van der Waals surface area contributed by atoms with Crippen molar-refractivity contribution in [3.63, 3.8) is 0 Å². The van der Waals surface area contributed by atoms with Crippen molar-refractivity contribution in [3.8, 4) is 11.8 Å². The van der Waals surface area contributed by atoms with Crippen LogP contribution < -0.4 is 5.32 Å². The Bertz CT molecular complexity index is 403.